The second kappa shape index (κ2) is 5.16. The minimum Gasteiger partial charge on any atom is -0.480 e. The van der Waals surface area contributed by atoms with Gasteiger partial charge < -0.3 is 15.3 Å². The molecule has 0 aromatic rings. The van der Waals surface area contributed by atoms with Crippen molar-refractivity contribution in [2.24, 2.45) is 17.8 Å². The molecule has 2 fully saturated rings. The molecular weight excluding hydrogens is 232 g/mol. The number of aliphatic carboxylic acids is 1. The van der Waals surface area contributed by atoms with Crippen LogP contribution in [0.15, 0.2) is 0 Å². The predicted molar refractivity (Wildman–Crippen MR) is 67.2 cm³/mol. The van der Waals surface area contributed by atoms with E-state index in [0.29, 0.717) is 12.5 Å². The van der Waals surface area contributed by atoms with Gasteiger partial charge >= 0.3 is 12.0 Å². The van der Waals surface area contributed by atoms with Crippen LogP contribution in [-0.2, 0) is 4.79 Å². The van der Waals surface area contributed by atoms with Gasteiger partial charge in [-0.05, 0) is 50.4 Å². The number of rotatable bonds is 6. The Labute approximate surface area is 108 Å². The SMILES string of the molecule is CC(C(=O)O)N(C)C(=O)NCC(C1CC1)C1CC1. The predicted octanol–water partition coefficient (Wildman–Crippen LogP) is 1.54. The summed E-state index contributed by atoms with van der Waals surface area (Å²) in [6.45, 7) is 2.21. The third-order valence-corrected chi connectivity index (χ3v) is 4.20. The van der Waals surface area contributed by atoms with Gasteiger partial charge in [-0.3, -0.25) is 0 Å². The van der Waals surface area contributed by atoms with E-state index in [1.165, 1.54) is 44.6 Å². The van der Waals surface area contributed by atoms with Gasteiger partial charge in [-0.15, -0.1) is 0 Å². The highest BCUT2D eigenvalue weighted by atomic mass is 16.4. The van der Waals surface area contributed by atoms with Crippen molar-refractivity contribution in [1.82, 2.24) is 10.2 Å². The van der Waals surface area contributed by atoms with Crippen LogP contribution < -0.4 is 5.32 Å². The number of hydrogen-bond donors (Lipinski definition) is 2. The molecule has 0 saturated heterocycles. The van der Waals surface area contributed by atoms with Crippen molar-refractivity contribution in [3.05, 3.63) is 0 Å². The fourth-order valence-corrected chi connectivity index (χ4v) is 2.44. The smallest absolute Gasteiger partial charge is 0.326 e. The largest absolute Gasteiger partial charge is 0.480 e. The topological polar surface area (TPSA) is 69.6 Å². The summed E-state index contributed by atoms with van der Waals surface area (Å²) < 4.78 is 0. The third-order valence-electron chi connectivity index (χ3n) is 4.20. The van der Waals surface area contributed by atoms with E-state index in [-0.39, 0.29) is 6.03 Å². The molecule has 102 valence electrons. The highest BCUT2D eigenvalue weighted by Gasteiger charge is 2.41. The third kappa shape index (κ3) is 3.15. The molecule has 18 heavy (non-hydrogen) atoms. The van der Waals surface area contributed by atoms with Gasteiger partial charge in [-0.2, -0.15) is 0 Å². The summed E-state index contributed by atoms with van der Waals surface area (Å²) in [5, 5.41) is 11.7. The average molecular weight is 254 g/mol. The van der Waals surface area contributed by atoms with Gasteiger partial charge in [0, 0.05) is 13.6 Å². The number of nitrogens with zero attached hydrogens (tertiary/aromatic N) is 1. The van der Waals surface area contributed by atoms with Crippen LogP contribution in [0.25, 0.3) is 0 Å². The Bertz CT molecular complexity index is 325. The highest BCUT2D eigenvalue weighted by Crippen LogP contribution is 2.48. The fourth-order valence-electron chi connectivity index (χ4n) is 2.44. The number of likely N-dealkylation sites (N-methyl/N-ethyl adjacent to an activating group) is 1. The van der Waals surface area contributed by atoms with E-state index in [4.69, 9.17) is 5.11 Å². The van der Waals surface area contributed by atoms with E-state index < -0.39 is 12.0 Å². The lowest BCUT2D eigenvalue weighted by molar-refractivity contribution is -0.141. The average Bonchev–Trinajstić information content (AvgIpc) is 3.18. The van der Waals surface area contributed by atoms with Gasteiger partial charge in [0.15, 0.2) is 0 Å². The molecular formula is C13H22N2O3. The first-order valence-electron chi connectivity index (χ1n) is 6.74. The zero-order valence-corrected chi connectivity index (χ0v) is 11.1. The molecule has 5 heteroatoms. The summed E-state index contributed by atoms with van der Waals surface area (Å²) in [4.78, 5) is 23.9. The van der Waals surface area contributed by atoms with Crippen LogP contribution >= 0.6 is 0 Å². The molecule has 0 aromatic heterocycles. The van der Waals surface area contributed by atoms with E-state index in [1.54, 1.807) is 0 Å². The molecule has 1 atom stereocenters. The summed E-state index contributed by atoms with van der Waals surface area (Å²) in [6, 6.07) is -1.07. The summed E-state index contributed by atoms with van der Waals surface area (Å²) in [7, 11) is 1.53. The maximum absolute atomic E-state index is 11.8. The van der Waals surface area contributed by atoms with E-state index in [0.717, 1.165) is 11.8 Å². The molecule has 2 amide bonds. The number of urea groups is 1. The van der Waals surface area contributed by atoms with Crippen LogP contribution in [0.3, 0.4) is 0 Å². The van der Waals surface area contributed by atoms with Gasteiger partial charge in [0.25, 0.3) is 0 Å². The molecule has 2 aliphatic rings. The van der Waals surface area contributed by atoms with Crippen molar-refractivity contribution in [1.29, 1.82) is 0 Å². The van der Waals surface area contributed by atoms with Crippen LogP contribution in [0, 0.1) is 17.8 Å². The minimum atomic E-state index is -0.978. The zero-order valence-electron chi connectivity index (χ0n) is 11.1. The van der Waals surface area contributed by atoms with Crippen LogP contribution in [0.1, 0.15) is 32.6 Å². The molecule has 2 rings (SSSR count). The second-order valence-electron chi connectivity index (χ2n) is 5.65. The van der Waals surface area contributed by atoms with Crippen LogP contribution in [0.5, 0.6) is 0 Å². The Morgan fingerprint density at radius 3 is 2.17 bits per heavy atom. The van der Waals surface area contributed by atoms with Crippen molar-refractivity contribution < 1.29 is 14.7 Å². The van der Waals surface area contributed by atoms with Crippen molar-refractivity contribution in [3.8, 4) is 0 Å². The number of nitrogens with one attached hydrogen (secondary N) is 1. The lowest BCUT2D eigenvalue weighted by Crippen LogP contribution is -2.47. The lowest BCUT2D eigenvalue weighted by atomic mass is 9.98. The Morgan fingerprint density at radius 1 is 1.28 bits per heavy atom. The Balaban J connectivity index is 1.77. The molecule has 2 saturated carbocycles. The van der Waals surface area contributed by atoms with Gasteiger partial charge in [0.1, 0.15) is 6.04 Å². The highest BCUT2D eigenvalue weighted by molar-refractivity contribution is 5.82. The second-order valence-corrected chi connectivity index (χ2v) is 5.65. The molecule has 1 unspecified atom stereocenters. The normalized spacial score (nSPS) is 20.6. The molecule has 0 bridgehead atoms. The summed E-state index contributed by atoms with van der Waals surface area (Å²) in [6.07, 6.45) is 5.16. The van der Waals surface area contributed by atoms with Gasteiger partial charge in [-0.1, -0.05) is 0 Å². The number of carboxylic acids is 1. The molecule has 0 heterocycles. The van der Waals surface area contributed by atoms with Crippen molar-refractivity contribution in [3.63, 3.8) is 0 Å². The Kier molecular flexibility index (Phi) is 3.78. The summed E-state index contributed by atoms with van der Waals surface area (Å²) >= 11 is 0. The van der Waals surface area contributed by atoms with Crippen LogP contribution in [-0.4, -0.2) is 41.6 Å². The van der Waals surface area contributed by atoms with Gasteiger partial charge in [-0.25, -0.2) is 9.59 Å². The maximum atomic E-state index is 11.8. The fraction of sp³-hybridized carbons (Fsp3) is 0.846. The van der Waals surface area contributed by atoms with E-state index in [9.17, 15) is 9.59 Å². The quantitative estimate of drug-likeness (QED) is 0.755. The standard InChI is InChI=1S/C13H22N2O3/c1-8(12(16)17)15(2)13(18)14-7-11(9-3-4-9)10-5-6-10/h8-11H,3-7H2,1-2H3,(H,14,18)(H,16,17). The summed E-state index contributed by atoms with van der Waals surface area (Å²) in [5.41, 5.74) is 0. The molecule has 0 radical (unpaired) electrons. The van der Waals surface area contributed by atoms with E-state index >= 15 is 0 Å². The monoisotopic (exact) mass is 254 g/mol. The van der Waals surface area contributed by atoms with Crippen LogP contribution in [0.4, 0.5) is 4.79 Å². The van der Waals surface area contributed by atoms with E-state index in [2.05, 4.69) is 5.32 Å². The number of hydrogen-bond acceptors (Lipinski definition) is 2. The Hall–Kier alpha value is -1.26. The zero-order chi connectivity index (χ0) is 13.3. The number of amides is 2. The van der Waals surface area contributed by atoms with Crippen molar-refractivity contribution in [2.45, 2.75) is 38.6 Å². The molecule has 0 aromatic carbocycles. The number of carboxylic acid groups (broad SMARTS) is 1. The number of carbonyl (C=O) groups excluding carboxylic acids is 1. The van der Waals surface area contributed by atoms with E-state index in [1.807, 2.05) is 0 Å². The van der Waals surface area contributed by atoms with Gasteiger partial charge in [0.05, 0.1) is 0 Å². The van der Waals surface area contributed by atoms with Crippen molar-refractivity contribution in [2.75, 3.05) is 13.6 Å². The minimum absolute atomic E-state index is 0.281. The Morgan fingerprint density at radius 2 is 1.78 bits per heavy atom. The molecule has 2 N–H and O–H groups in total. The van der Waals surface area contributed by atoms with Crippen LogP contribution in [0.2, 0.25) is 0 Å². The molecule has 5 nitrogen and oxygen atoms in total. The number of carbonyl (C=O) groups is 2. The van der Waals surface area contributed by atoms with Gasteiger partial charge in [0.2, 0.25) is 0 Å². The first-order valence-corrected chi connectivity index (χ1v) is 6.74. The first kappa shape index (κ1) is 13.2. The first-order chi connectivity index (χ1) is 8.50. The lowest BCUT2D eigenvalue weighted by Gasteiger charge is -2.24. The summed E-state index contributed by atoms with van der Waals surface area (Å²) in [5.74, 6) is 1.22. The molecule has 2 aliphatic carbocycles. The molecule has 0 spiro atoms. The maximum Gasteiger partial charge on any atom is 0.326 e. The van der Waals surface area contributed by atoms with Crippen molar-refractivity contribution >= 4 is 12.0 Å². The molecule has 0 aliphatic heterocycles.